The molecule has 0 saturated carbocycles. The summed E-state index contributed by atoms with van der Waals surface area (Å²) < 4.78 is 6.59. The lowest BCUT2D eigenvalue weighted by atomic mass is 10.2. The fourth-order valence-electron chi connectivity index (χ4n) is 3.23. The highest BCUT2D eigenvalue weighted by Gasteiger charge is 2.30. The van der Waals surface area contributed by atoms with E-state index in [4.69, 9.17) is 4.74 Å². The Labute approximate surface area is 180 Å². The first-order valence-corrected chi connectivity index (χ1v) is 9.57. The molecule has 3 rings (SSSR count). The van der Waals surface area contributed by atoms with Gasteiger partial charge in [0, 0.05) is 50.9 Å². The Morgan fingerprint density at radius 2 is 1.88 bits per heavy atom. The monoisotopic (exact) mass is 536 g/mol. The second kappa shape index (κ2) is 10.5. The van der Waals surface area contributed by atoms with Crippen molar-refractivity contribution in [1.82, 2.24) is 15.1 Å². The van der Waals surface area contributed by atoms with Gasteiger partial charge in [0.1, 0.15) is 6.10 Å². The number of guanidine groups is 1. The number of halogens is 2. The molecule has 2 aliphatic rings. The maximum atomic E-state index is 12.4. The first kappa shape index (κ1) is 21.4. The van der Waals surface area contributed by atoms with Gasteiger partial charge in [-0.15, -0.1) is 24.0 Å². The molecule has 0 radical (unpaired) electrons. The minimum absolute atomic E-state index is 0. The van der Waals surface area contributed by atoms with Gasteiger partial charge in [-0.3, -0.25) is 9.79 Å². The third-order valence-corrected chi connectivity index (χ3v) is 5.20. The van der Waals surface area contributed by atoms with Crippen molar-refractivity contribution in [3.8, 4) is 0 Å². The van der Waals surface area contributed by atoms with Gasteiger partial charge >= 0.3 is 0 Å². The maximum Gasteiger partial charge on any atom is 0.251 e. The molecule has 0 aromatic heterocycles. The highest BCUT2D eigenvalue weighted by Crippen LogP contribution is 2.16. The van der Waals surface area contributed by atoms with Crippen LogP contribution in [0.3, 0.4) is 0 Å². The molecule has 1 aromatic carbocycles. The summed E-state index contributed by atoms with van der Waals surface area (Å²) in [5.41, 5.74) is 1.21. The summed E-state index contributed by atoms with van der Waals surface area (Å²) in [5.74, 6) is 1.03. The molecule has 6 nitrogen and oxygen atoms in total. The van der Waals surface area contributed by atoms with E-state index in [1.807, 2.05) is 17.0 Å². The highest BCUT2D eigenvalue weighted by atomic mass is 127. The standard InChI is InChI=1S/C18H25BrN4O2.HI/c1-20-18(21-13-14-4-6-15(19)7-5-14)23-10-8-22(9-11-23)17(24)16-3-2-12-25-16;/h4-7,16H,2-3,8-13H2,1H3,(H,20,21);1H. The Morgan fingerprint density at radius 3 is 2.46 bits per heavy atom. The van der Waals surface area contributed by atoms with Gasteiger partial charge in [-0.25, -0.2) is 0 Å². The van der Waals surface area contributed by atoms with Crippen LogP contribution in [0.4, 0.5) is 0 Å². The molecule has 1 amide bonds. The number of carbonyl (C=O) groups is 1. The Bertz CT molecular complexity index is 612. The van der Waals surface area contributed by atoms with Crippen LogP contribution in [0.15, 0.2) is 33.7 Å². The molecule has 1 atom stereocenters. The lowest BCUT2D eigenvalue weighted by molar-refractivity contribution is -0.142. The molecule has 2 fully saturated rings. The number of hydrogen-bond acceptors (Lipinski definition) is 3. The Hall–Kier alpha value is -0.870. The van der Waals surface area contributed by atoms with E-state index in [0.29, 0.717) is 6.61 Å². The maximum absolute atomic E-state index is 12.4. The van der Waals surface area contributed by atoms with Crippen molar-refractivity contribution in [1.29, 1.82) is 0 Å². The van der Waals surface area contributed by atoms with Gasteiger partial charge in [0.25, 0.3) is 5.91 Å². The number of amides is 1. The highest BCUT2D eigenvalue weighted by molar-refractivity contribution is 14.0. The van der Waals surface area contributed by atoms with Gasteiger partial charge < -0.3 is 19.9 Å². The molecule has 8 heteroatoms. The second-order valence-electron chi connectivity index (χ2n) is 6.34. The van der Waals surface area contributed by atoms with Crippen molar-refractivity contribution in [2.24, 2.45) is 4.99 Å². The van der Waals surface area contributed by atoms with Gasteiger partial charge in [-0.05, 0) is 30.5 Å². The average molecular weight is 537 g/mol. The second-order valence-corrected chi connectivity index (χ2v) is 7.26. The van der Waals surface area contributed by atoms with E-state index < -0.39 is 0 Å². The van der Waals surface area contributed by atoms with Crippen LogP contribution < -0.4 is 5.32 Å². The van der Waals surface area contributed by atoms with E-state index in [-0.39, 0.29) is 36.0 Å². The Balaban J connectivity index is 0.00000243. The Morgan fingerprint density at radius 1 is 1.23 bits per heavy atom. The minimum Gasteiger partial charge on any atom is -0.368 e. The predicted octanol–water partition coefficient (Wildman–Crippen LogP) is 2.47. The molecule has 1 unspecified atom stereocenters. The number of ether oxygens (including phenoxy) is 1. The van der Waals surface area contributed by atoms with Crippen molar-refractivity contribution in [2.45, 2.75) is 25.5 Å². The summed E-state index contributed by atoms with van der Waals surface area (Å²) in [6, 6.07) is 8.25. The summed E-state index contributed by atoms with van der Waals surface area (Å²) >= 11 is 3.45. The third kappa shape index (κ3) is 5.56. The largest absolute Gasteiger partial charge is 0.368 e. The van der Waals surface area contributed by atoms with Gasteiger partial charge in [0.2, 0.25) is 0 Å². The van der Waals surface area contributed by atoms with Crippen molar-refractivity contribution in [3.05, 3.63) is 34.3 Å². The lowest BCUT2D eigenvalue weighted by Crippen LogP contribution is -2.55. The van der Waals surface area contributed by atoms with Crippen molar-refractivity contribution in [3.63, 3.8) is 0 Å². The van der Waals surface area contributed by atoms with Crippen molar-refractivity contribution < 1.29 is 9.53 Å². The number of nitrogens with zero attached hydrogens (tertiary/aromatic N) is 3. The molecule has 2 aliphatic heterocycles. The lowest BCUT2D eigenvalue weighted by Gasteiger charge is -2.37. The topological polar surface area (TPSA) is 57.2 Å². The Kier molecular flexibility index (Phi) is 8.62. The fourth-order valence-corrected chi connectivity index (χ4v) is 3.49. The zero-order valence-electron chi connectivity index (χ0n) is 15.0. The number of carbonyl (C=O) groups excluding carboxylic acids is 1. The molecule has 1 N–H and O–H groups in total. The number of aliphatic imine (C=N–C) groups is 1. The smallest absolute Gasteiger partial charge is 0.251 e. The number of hydrogen-bond donors (Lipinski definition) is 1. The predicted molar refractivity (Wildman–Crippen MR) is 117 cm³/mol. The zero-order chi connectivity index (χ0) is 17.6. The van der Waals surface area contributed by atoms with Gasteiger partial charge in [0.15, 0.2) is 5.96 Å². The molecule has 2 saturated heterocycles. The SMILES string of the molecule is CN=C(NCc1ccc(Br)cc1)N1CCN(C(=O)C2CCCO2)CC1.I. The molecular weight excluding hydrogens is 511 g/mol. The molecule has 0 spiro atoms. The first-order chi connectivity index (χ1) is 12.2. The summed E-state index contributed by atoms with van der Waals surface area (Å²) in [6.07, 6.45) is 1.62. The number of piperazine rings is 1. The fraction of sp³-hybridized carbons (Fsp3) is 0.556. The minimum atomic E-state index is -0.221. The van der Waals surface area contributed by atoms with Crippen LogP contribution in [0, 0.1) is 0 Å². The number of nitrogens with one attached hydrogen (secondary N) is 1. The molecule has 26 heavy (non-hydrogen) atoms. The summed E-state index contributed by atoms with van der Waals surface area (Å²) in [4.78, 5) is 20.9. The van der Waals surface area contributed by atoms with Crippen LogP contribution in [0.5, 0.6) is 0 Å². The molecule has 0 bridgehead atoms. The van der Waals surface area contributed by atoms with Gasteiger partial charge in [0.05, 0.1) is 0 Å². The normalized spacial score (nSPS) is 20.7. The van der Waals surface area contributed by atoms with E-state index in [1.54, 1.807) is 7.05 Å². The number of rotatable bonds is 3. The van der Waals surface area contributed by atoms with Crippen LogP contribution in [0.2, 0.25) is 0 Å². The van der Waals surface area contributed by atoms with Crippen LogP contribution in [-0.2, 0) is 16.1 Å². The molecule has 1 aromatic rings. The third-order valence-electron chi connectivity index (χ3n) is 4.67. The van der Waals surface area contributed by atoms with E-state index >= 15 is 0 Å². The quantitative estimate of drug-likeness (QED) is 0.366. The summed E-state index contributed by atoms with van der Waals surface area (Å²) in [7, 11) is 1.80. The van der Waals surface area contributed by atoms with Crippen LogP contribution in [0.1, 0.15) is 18.4 Å². The van der Waals surface area contributed by atoms with Gasteiger partial charge in [-0.2, -0.15) is 0 Å². The van der Waals surface area contributed by atoms with Crippen molar-refractivity contribution >= 4 is 51.8 Å². The molecule has 144 valence electrons. The van der Waals surface area contributed by atoms with E-state index in [2.05, 4.69) is 43.3 Å². The van der Waals surface area contributed by atoms with Crippen LogP contribution in [-0.4, -0.2) is 67.6 Å². The number of benzene rings is 1. The first-order valence-electron chi connectivity index (χ1n) is 8.78. The van der Waals surface area contributed by atoms with E-state index in [9.17, 15) is 4.79 Å². The molecular formula is C18H26BrIN4O2. The molecule has 2 heterocycles. The summed E-state index contributed by atoms with van der Waals surface area (Å²) in [6.45, 7) is 4.46. The van der Waals surface area contributed by atoms with Crippen LogP contribution >= 0.6 is 39.9 Å². The van der Waals surface area contributed by atoms with Gasteiger partial charge in [-0.1, -0.05) is 28.1 Å². The molecule has 0 aliphatic carbocycles. The average Bonchev–Trinajstić information content (AvgIpc) is 3.18. The van der Waals surface area contributed by atoms with E-state index in [0.717, 1.165) is 56.0 Å². The zero-order valence-corrected chi connectivity index (χ0v) is 18.9. The van der Waals surface area contributed by atoms with Crippen molar-refractivity contribution in [2.75, 3.05) is 39.8 Å². The van der Waals surface area contributed by atoms with Crippen LogP contribution in [0.25, 0.3) is 0 Å². The van der Waals surface area contributed by atoms with E-state index in [1.165, 1.54) is 5.56 Å². The summed E-state index contributed by atoms with van der Waals surface area (Å²) in [5, 5.41) is 3.41.